The molecule has 1 aromatic carbocycles. The fourth-order valence-electron chi connectivity index (χ4n) is 2.25. The van der Waals surface area contributed by atoms with Crippen molar-refractivity contribution in [2.24, 2.45) is 0 Å². The maximum Gasteiger partial charge on any atom is 0.266 e. The minimum absolute atomic E-state index is 0.00956. The van der Waals surface area contributed by atoms with E-state index >= 15 is 0 Å². The number of H-pyrrole nitrogens is 1. The zero-order valence-corrected chi connectivity index (χ0v) is 12.8. The molecule has 0 aliphatic carbocycles. The van der Waals surface area contributed by atoms with Crippen molar-refractivity contribution in [2.45, 2.75) is 17.9 Å². The number of nitrogens with one attached hydrogen (secondary N) is 2. The maximum absolute atomic E-state index is 14.0. The quantitative estimate of drug-likeness (QED) is 0.877. The van der Waals surface area contributed by atoms with E-state index in [9.17, 15) is 17.2 Å². The summed E-state index contributed by atoms with van der Waals surface area (Å²) < 4.78 is 64.3. The van der Waals surface area contributed by atoms with Gasteiger partial charge in [-0.1, -0.05) is 0 Å². The summed E-state index contributed by atoms with van der Waals surface area (Å²) in [5.74, 6) is -2.49. The summed E-state index contributed by atoms with van der Waals surface area (Å²) >= 11 is 0. The number of anilines is 1. The van der Waals surface area contributed by atoms with E-state index in [1.807, 2.05) is 0 Å². The van der Waals surface area contributed by atoms with Gasteiger partial charge in [0.05, 0.1) is 20.3 Å². The number of benzene rings is 1. The van der Waals surface area contributed by atoms with Gasteiger partial charge in [-0.05, 0) is 0 Å². The van der Waals surface area contributed by atoms with E-state index < -0.39 is 26.6 Å². The first-order valence-corrected chi connectivity index (χ1v) is 8.10. The van der Waals surface area contributed by atoms with Crippen molar-refractivity contribution in [2.75, 3.05) is 18.4 Å². The first-order valence-electron chi connectivity index (χ1n) is 6.62. The van der Waals surface area contributed by atoms with Crippen molar-refractivity contribution in [1.82, 2.24) is 10.2 Å². The van der Waals surface area contributed by atoms with Crippen molar-refractivity contribution in [3.05, 3.63) is 35.0 Å². The van der Waals surface area contributed by atoms with E-state index in [1.54, 1.807) is 0 Å². The molecule has 23 heavy (non-hydrogen) atoms. The summed E-state index contributed by atoms with van der Waals surface area (Å²) in [5, 5.41) is 6.56. The van der Waals surface area contributed by atoms with Gasteiger partial charge in [0.25, 0.3) is 10.0 Å². The molecule has 1 aliphatic heterocycles. The number of methoxy groups -OCH3 is 1. The fraction of sp³-hybridized carbons (Fsp3) is 0.308. The zero-order chi connectivity index (χ0) is 16.6. The molecule has 10 heteroatoms. The molecule has 0 saturated carbocycles. The summed E-state index contributed by atoms with van der Waals surface area (Å²) in [5.41, 5.74) is 1.30. The third-order valence-corrected chi connectivity index (χ3v) is 4.78. The molecule has 2 heterocycles. The number of halogens is 2. The minimum Gasteiger partial charge on any atom is -0.494 e. The van der Waals surface area contributed by atoms with Gasteiger partial charge in [-0.25, -0.2) is 17.2 Å². The van der Waals surface area contributed by atoms with E-state index in [4.69, 9.17) is 4.74 Å². The van der Waals surface area contributed by atoms with Gasteiger partial charge in [0, 0.05) is 29.8 Å². The van der Waals surface area contributed by atoms with Crippen LogP contribution >= 0.6 is 0 Å². The number of nitrogens with zero attached hydrogens (tertiary/aromatic N) is 1. The number of hydrogen-bond acceptors (Lipinski definition) is 5. The Hall–Kier alpha value is -2.20. The number of sulfonamides is 1. The lowest BCUT2D eigenvalue weighted by Gasteiger charge is -2.13. The minimum atomic E-state index is -4.35. The van der Waals surface area contributed by atoms with Crippen LogP contribution in [0.25, 0.3) is 0 Å². The van der Waals surface area contributed by atoms with Crippen LogP contribution in [-0.4, -0.2) is 32.3 Å². The molecular weight excluding hydrogens is 332 g/mol. The van der Waals surface area contributed by atoms with Gasteiger partial charge in [-0.15, -0.1) is 0 Å². The number of hydrogen-bond donors (Lipinski definition) is 2. The third kappa shape index (κ3) is 2.86. The Morgan fingerprint density at radius 2 is 2.13 bits per heavy atom. The van der Waals surface area contributed by atoms with Gasteiger partial charge in [-0.3, -0.25) is 9.82 Å². The second-order valence-electron chi connectivity index (χ2n) is 4.85. The molecule has 1 aliphatic rings. The van der Waals surface area contributed by atoms with Crippen molar-refractivity contribution in [1.29, 1.82) is 0 Å². The van der Waals surface area contributed by atoms with E-state index in [1.165, 1.54) is 0 Å². The Labute approximate surface area is 130 Å². The van der Waals surface area contributed by atoms with Crippen molar-refractivity contribution < 1.29 is 26.7 Å². The average molecular weight is 345 g/mol. The molecule has 7 nitrogen and oxygen atoms in total. The normalized spacial score (nSPS) is 14.4. The molecule has 0 atom stereocenters. The van der Waals surface area contributed by atoms with E-state index in [-0.39, 0.29) is 18.2 Å². The predicted octanol–water partition coefficient (Wildman–Crippen LogP) is 1.57. The highest BCUT2D eigenvalue weighted by Gasteiger charge is 2.26. The van der Waals surface area contributed by atoms with Crippen LogP contribution in [-0.2, 0) is 27.8 Å². The Morgan fingerprint density at radius 1 is 1.35 bits per heavy atom. The van der Waals surface area contributed by atoms with E-state index in [0.29, 0.717) is 30.7 Å². The first-order chi connectivity index (χ1) is 10.9. The van der Waals surface area contributed by atoms with Gasteiger partial charge in [0.2, 0.25) is 0 Å². The molecule has 0 spiro atoms. The predicted molar refractivity (Wildman–Crippen MR) is 75.7 cm³/mol. The summed E-state index contributed by atoms with van der Waals surface area (Å²) in [4.78, 5) is -0.829. The molecule has 0 saturated heterocycles. The average Bonchev–Trinajstić information content (AvgIpc) is 2.91. The van der Waals surface area contributed by atoms with Gasteiger partial charge in [0.15, 0.2) is 17.4 Å². The molecule has 2 aromatic rings. The lowest BCUT2D eigenvalue weighted by atomic mass is 10.1. The molecular formula is C13H13F2N3O4S. The van der Waals surface area contributed by atoms with E-state index in [0.717, 1.165) is 12.8 Å². The number of fused-ring (bicyclic) bond motifs is 1. The number of rotatable bonds is 4. The van der Waals surface area contributed by atoms with Gasteiger partial charge in [0.1, 0.15) is 10.7 Å². The highest BCUT2D eigenvalue weighted by molar-refractivity contribution is 7.92. The van der Waals surface area contributed by atoms with Gasteiger partial charge >= 0.3 is 0 Å². The maximum atomic E-state index is 14.0. The standard InChI is InChI=1S/C13H13F2N3O4S/c1-21-11-4-9(15)12(5-8(11)14)23(19,20)18-13-7-6-22-3-2-10(7)16-17-13/h4-5H,2-3,6H2,1H3,(H2,16,17,18). The van der Waals surface area contributed by atoms with Crippen molar-refractivity contribution >= 4 is 15.8 Å². The lowest BCUT2D eigenvalue weighted by molar-refractivity contribution is 0.110. The van der Waals surface area contributed by atoms with Crippen LogP contribution in [0.5, 0.6) is 5.75 Å². The monoisotopic (exact) mass is 345 g/mol. The molecule has 0 bridgehead atoms. The smallest absolute Gasteiger partial charge is 0.266 e. The number of aromatic nitrogens is 2. The topological polar surface area (TPSA) is 93.3 Å². The number of ether oxygens (including phenoxy) is 2. The summed E-state index contributed by atoms with van der Waals surface area (Å²) in [7, 11) is -3.20. The largest absolute Gasteiger partial charge is 0.494 e. The molecule has 1 aromatic heterocycles. The summed E-state index contributed by atoms with van der Waals surface area (Å²) in [6.07, 6.45) is 0.565. The van der Waals surface area contributed by atoms with Gasteiger partial charge < -0.3 is 9.47 Å². The second-order valence-corrected chi connectivity index (χ2v) is 6.51. The van der Waals surface area contributed by atoms with Gasteiger partial charge in [-0.2, -0.15) is 5.10 Å². The molecule has 0 fully saturated rings. The highest BCUT2D eigenvalue weighted by atomic mass is 32.2. The van der Waals surface area contributed by atoms with E-state index in [2.05, 4.69) is 19.7 Å². The highest BCUT2D eigenvalue weighted by Crippen LogP contribution is 2.28. The molecule has 3 rings (SSSR count). The van der Waals surface area contributed by atoms with Crippen LogP contribution in [0.1, 0.15) is 11.3 Å². The summed E-state index contributed by atoms with van der Waals surface area (Å²) in [6, 6.07) is 1.24. The SMILES string of the molecule is COc1cc(F)c(S(=O)(=O)Nc2n[nH]c3c2COCC3)cc1F. The first kappa shape index (κ1) is 15.7. The molecule has 2 N–H and O–H groups in total. The zero-order valence-electron chi connectivity index (χ0n) is 12.0. The fourth-order valence-corrected chi connectivity index (χ4v) is 3.36. The number of aromatic amines is 1. The summed E-state index contributed by atoms with van der Waals surface area (Å²) in [6.45, 7) is 0.683. The Kier molecular flexibility index (Phi) is 3.94. The third-order valence-electron chi connectivity index (χ3n) is 3.42. The van der Waals surface area contributed by atoms with Crippen LogP contribution in [0, 0.1) is 11.6 Å². The van der Waals surface area contributed by atoms with Crippen LogP contribution in [0.3, 0.4) is 0 Å². The van der Waals surface area contributed by atoms with Crippen molar-refractivity contribution in [3.8, 4) is 5.75 Å². The Morgan fingerprint density at radius 3 is 2.87 bits per heavy atom. The molecule has 0 unspecified atom stereocenters. The second kappa shape index (κ2) is 5.78. The lowest BCUT2D eigenvalue weighted by Crippen LogP contribution is -2.17. The Bertz CT molecular complexity index is 851. The van der Waals surface area contributed by atoms with Crippen LogP contribution in [0.2, 0.25) is 0 Å². The molecule has 124 valence electrons. The van der Waals surface area contributed by atoms with Crippen LogP contribution in [0.4, 0.5) is 14.6 Å². The van der Waals surface area contributed by atoms with Crippen LogP contribution in [0.15, 0.2) is 17.0 Å². The molecule has 0 radical (unpaired) electrons. The van der Waals surface area contributed by atoms with Crippen molar-refractivity contribution in [3.63, 3.8) is 0 Å². The Balaban J connectivity index is 1.96. The van der Waals surface area contributed by atoms with Crippen LogP contribution < -0.4 is 9.46 Å². The molecule has 0 amide bonds.